The summed E-state index contributed by atoms with van der Waals surface area (Å²) in [5.74, 6) is 0. The van der Waals surface area contributed by atoms with Gasteiger partial charge in [0.2, 0.25) is 5.56 Å². The minimum Gasteiger partial charge on any atom is -0.338 e. The molecule has 0 saturated heterocycles. The number of amides is 2. The van der Waals surface area contributed by atoms with Crippen LogP contribution in [-0.2, 0) is 6.54 Å². The summed E-state index contributed by atoms with van der Waals surface area (Å²) >= 11 is 1.60. The van der Waals surface area contributed by atoms with Crippen LogP contribution in [0.15, 0.2) is 29.2 Å². The van der Waals surface area contributed by atoms with E-state index in [0.29, 0.717) is 19.5 Å². The minimum atomic E-state index is -0.205. The van der Waals surface area contributed by atoms with Crippen molar-refractivity contribution in [3.63, 3.8) is 0 Å². The van der Waals surface area contributed by atoms with Crippen molar-refractivity contribution in [2.45, 2.75) is 39.8 Å². The number of carbonyl (C=O) groups excluding carboxylic acids is 1. The Labute approximate surface area is 139 Å². The lowest BCUT2D eigenvalue weighted by molar-refractivity contribution is 0.237. The van der Waals surface area contributed by atoms with E-state index in [1.54, 1.807) is 28.2 Å². The highest BCUT2D eigenvalue weighted by molar-refractivity contribution is 7.11. The van der Waals surface area contributed by atoms with Gasteiger partial charge in [-0.05, 0) is 33.3 Å². The molecular weight excluding hydrogens is 312 g/mol. The fraction of sp³-hybridized carbons (Fsp3) is 0.438. The summed E-state index contributed by atoms with van der Waals surface area (Å²) in [6.07, 6.45) is 2.45. The Morgan fingerprint density at radius 3 is 2.83 bits per heavy atom. The lowest BCUT2D eigenvalue weighted by atomic mass is 10.2. The molecule has 2 aromatic rings. The predicted molar refractivity (Wildman–Crippen MR) is 91.9 cm³/mol. The molecule has 2 rings (SSSR count). The van der Waals surface area contributed by atoms with Crippen LogP contribution in [0.1, 0.15) is 35.0 Å². The van der Waals surface area contributed by atoms with E-state index >= 15 is 0 Å². The van der Waals surface area contributed by atoms with E-state index in [2.05, 4.69) is 15.6 Å². The second kappa shape index (κ2) is 7.92. The number of nitrogens with one attached hydrogen (secondary N) is 2. The molecular formula is C16H22N4O2S. The summed E-state index contributed by atoms with van der Waals surface area (Å²) in [6.45, 7) is 6.96. The van der Waals surface area contributed by atoms with Crippen molar-refractivity contribution in [3.8, 4) is 0 Å². The zero-order chi connectivity index (χ0) is 16.8. The minimum absolute atomic E-state index is 0.0263. The number of rotatable bonds is 6. The number of carbonyl (C=O) groups is 1. The molecule has 0 spiro atoms. The van der Waals surface area contributed by atoms with Gasteiger partial charge in [-0.25, -0.2) is 9.78 Å². The number of urea groups is 1. The first-order valence-corrected chi connectivity index (χ1v) is 8.43. The van der Waals surface area contributed by atoms with Crippen LogP contribution < -0.4 is 16.2 Å². The predicted octanol–water partition coefficient (Wildman–Crippen LogP) is 2.37. The summed E-state index contributed by atoms with van der Waals surface area (Å²) in [5, 5.41) is 6.73. The van der Waals surface area contributed by atoms with Crippen LogP contribution in [0.2, 0.25) is 0 Å². The standard InChI is InChI=1S/C16H22N4O2S/c1-11-15(23-13(3)18-11)12(2)19-16(22)17-8-6-10-20-9-5-4-7-14(20)21/h4-5,7,9,12H,6,8,10H2,1-3H3,(H2,17,19,22). The van der Waals surface area contributed by atoms with Crippen molar-refractivity contribution in [3.05, 3.63) is 50.3 Å². The van der Waals surface area contributed by atoms with Crippen LogP contribution in [0.25, 0.3) is 0 Å². The molecule has 23 heavy (non-hydrogen) atoms. The number of aromatic nitrogens is 2. The third-order valence-electron chi connectivity index (χ3n) is 3.44. The third-order valence-corrected chi connectivity index (χ3v) is 4.70. The fourth-order valence-corrected chi connectivity index (χ4v) is 3.29. The molecule has 0 aliphatic carbocycles. The van der Waals surface area contributed by atoms with Crippen molar-refractivity contribution in [1.82, 2.24) is 20.2 Å². The van der Waals surface area contributed by atoms with E-state index in [-0.39, 0.29) is 17.6 Å². The first-order chi connectivity index (χ1) is 11.0. The molecule has 2 N–H and O–H groups in total. The molecule has 2 aromatic heterocycles. The van der Waals surface area contributed by atoms with Crippen LogP contribution in [-0.4, -0.2) is 22.1 Å². The largest absolute Gasteiger partial charge is 0.338 e. The van der Waals surface area contributed by atoms with Gasteiger partial charge in [-0.3, -0.25) is 4.79 Å². The lowest BCUT2D eigenvalue weighted by Crippen LogP contribution is -2.37. The van der Waals surface area contributed by atoms with Crippen LogP contribution in [0.4, 0.5) is 4.79 Å². The van der Waals surface area contributed by atoms with Gasteiger partial charge in [0.05, 0.1) is 16.7 Å². The number of thiazole rings is 1. The zero-order valence-corrected chi connectivity index (χ0v) is 14.4. The normalized spacial score (nSPS) is 12.0. The van der Waals surface area contributed by atoms with Gasteiger partial charge < -0.3 is 15.2 Å². The Morgan fingerprint density at radius 2 is 2.17 bits per heavy atom. The number of hydrogen-bond donors (Lipinski definition) is 2. The van der Waals surface area contributed by atoms with Gasteiger partial charge in [-0.2, -0.15) is 0 Å². The van der Waals surface area contributed by atoms with E-state index in [1.807, 2.05) is 26.8 Å². The summed E-state index contributed by atoms with van der Waals surface area (Å²) in [4.78, 5) is 28.9. The van der Waals surface area contributed by atoms with Crippen molar-refractivity contribution in [2.75, 3.05) is 6.54 Å². The van der Waals surface area contributed by atoms with Crippen molar-refractivity contribution < 1.29 is 4.79 Å². The Morgan fingerprint density at radius 1 is 1.39 bits per heavy atom. The third kappa shape index (κ3) is 4.92. The first kappa shape index (κ1) is 17.2. The molecule has 0 saturated carbocycles. The monoisotopic (exact) mass is 334 g/mol. The van der Waals surface area contributed by atoms with Gasteiger partial charge >= 0.3 is 6.03 Å². The zero-order valence-electron chi connectivity index (χ0n) is 13.6. The molecule has 0 aliphatic rings. The Kier molecular flexibility index (Phi) is 5.92. The van der Waals surface area contributed by atoms with Crippen LogP contribution in [0.5, 0.6) is 0 Å². The quantitative estimate of drug-likeness (QED) is 0.796. The second-order valence-corrected chi connectivity index (χ2v) is 6.63. The Bertz CT molecular complexity index is 723. The number of hydrogen-bond acceptors (Lipinski definition) is 4. The maximum Gasteiger partial charge on any atom is 0.315 e. The van der Waals surface area contributed by atoms with Crippen molar-refractivity contribution in [1.29, 1.82) is 0 Å². The van der Waals surface area contributed by atoms with Crippen LogP contribution in [0, 0.1) is 13.8 Å². The maximum atomic E-state index is 11.9. The van der Waals surface area contributed by atoms with E-state index < -0.39 is 0 Å². The topological polar surface area (TPSA) is 76.0 Å². The first-order valence-electron chi connectivity index (χ1n) is 7.61. The SMILES string of the molecule is Cc1nc(C)c(C(C)NC(=O)NCCCn2ccccc2=O)s1. The van der Waals surface area contributed by atoms with Gasteiger partial charge in [0.1, 0.15) is 0 Å². The molecule has 7 heteroatoms. The van der Waals surface area contributed by atoms with Gasteiger partial charge in [0.25, 0.3) is 0 Å². The molecule has 0 aliphatic heterocycles. The van der Waals surface area contributed by atoms with Gasteiger partial charge in [-0.1, -0.05) is 6.07 Å². The summed E-state index contributed by atoms with van der Waals surface area (Å²) < 4.78 is 1.63. The average molecular weight is 334 g/mol. The van der Waals surface area contributed by atoms with E-state index in [4.69, 9.17) is 0 Å². The highest BCUT2D eigenvalue weighted by Crippen LogP contribution is 2.24. The van der Waals surface area contributed by atoms with Crippen LogP contribution in [0.3, 0.4) is 0 Å². The number of pyridine rings is 1. The molecule has 0 aromatic carbocycles. The summed E-state index contributed by atoms with van der Waals surface area (Å²) in [7, 11) is 0. The molecule has 2 amide bonds. The molecule has 6 nitrogen and oxygen atoms in total. The molecule has 1 atom stereocenters. The van der Waals surface area contributed by atoms with Gasteiger partial charge in [-0.15, -0.1) is 11.3 Å². The average Bonchev–Trinajstić information content (AvgIpc) is 2.84. The second-order valence-electron chi connectivity index (χ2n) is 5.39. The number of nitrogens with zero attached hydrogens (tertiary/aromatic N) is 2. The molecule has 0 fully saturated rings. The van der Waals surface area contributed by atoms with E-state index in [9.17, 15) is 9.59 Å². The maximum absolute atomic E-state index is 11.9. The molecule has 2 heterocycles. The van der Waals surface area contributed by atoms with Gasteiger partial charge in [0, 0.05) is 30.2 Å². The van der Waals surface area contributed by atoms with E-state index in [0.717, 1.165) is 15.6 Å². The fourth-order valence-electron chi connectivity index (χ4n) is 2.36. The highest BCUT2D eigenvalue weighted by atomic mass is 32.1. The summed E-state index contributed by atoms with van der Waals surface area (Å²) in [5.41, 5.74) is 0.936. The van der Waals surface area contributed by atoms with E-state index in [1.165, 1.54) is 6.07 Å². The number of aryl methyl sites for hydroxylation is 3. The van der Waals surface area contributed by atoms with Gasteiger partial charge in [0.15, 0.2) is 0 Å². The molecule has 0 bridgehead atoms. The van der Waals surface area contributed by atoms with Crippen LogP contribution >= 0.6 is 11.3 Å². The van der Waals surface area contributed by atoms with Crippen molar-refractivity contribution >= 4 is 17.4 Å². The molecule has 124 valence electrons. The molecule has 0 radical (unpaired) electrons. The smallest absolute Gasteiger partial charge is 0.315 e. The summed E-state index contributed by atoms with van der Waals surface area (Å²) in [6, 6.07) is 4.79. The Hall–Kier alpha value is -2.15. The lowest BCUT2D eigenvalue weighted by Gasteiger charge is -2.14. The highest BCUT2D eigenvalue weighted by Gasteiger charge is 2.14. The molecule has 1 unspecified atom stereocenters. The Balaban J connectivity index is 1.74. The van der Waals surface area contributed by atoms with Crippen molar-refractivity contribution in [2.24, 2.45) is 0 Å².